The van der Waals surface area contributed by atoms with Crippen molar-refractivity contribution in [3.8, 4) is 0 Å². The van der Waals surface area contributed by atoms with Crippen LogP contribution in [0.4, 0.5) is 15.3 Å². The molecule has 0 aromatic heterocycles. The summed E-state index contributed by atoms with van der Waals surface area (Å²) < 4.78 is 0. The number of urea groups is 1. The molecule has 28 heavy (non-hydrogen) atoms. The number of aryl methyl sites for hydroxylation is 1. The van der Waals surface area contributed by atoms with Crippen LogP contribution in [0.2, 0.25) is 0 Å². The summed E-state index contributed by atoms with van der Waals surface area (Å²) in [6, 6.07) is 5.09. The van der Waals surface area contributed by atoms with E-state index in [0.29, 0.717) is 44.6 Å². The van der Waals surface area contributed by atoms with Crippen molar-refractivity contribution in [2.24, 2.45) is 0 Å². The summed E-state index contributed by atoms with van der Waals surface area (Å²) in [5.41, 5.74) is 2.55. The molecule has 2 rings (SSSR count). The van der Waals surface area contributed by atoms with E-state index in [1.165, 1.54) is 16.8 Å². The van der Waals surface area contributed by atoms with Gasteiger partial charge in [0, 0.05) is 45.2 Å². The molecule has 1 aromatic rings. The number of benzene rings is 1. The predicted octanol–water partition coefficient (Wildman–Crippen LogP) is 1.84. The van der Waals surface area contributed by atoms with E-state index >= 15 is 0 Å². The number of unbranched alkanes of at least 4 members (excludes halogenated alkanes) is 1. The molecule has 3 N–H and O–H groups in total. The number of nitrogens with one attached hydrogen (secondary N) is 2. The Morgan fingerprint density at radius 2 is 2.04 bits per heavy atom. The first-order valence-corrected chi connectivity index (χ1v) is 9.19. The van der Waals surface area contributed by atoms with E-state index in [4.69, 9.17) is 5.11 Å². The number of amides is 5. The lowest BCUT2D eigenvalue weighted by atomic mass is 10.1. The third-order valence-corrected chi connectivity index (χ3v) is 4.65. The molecule has 0 saturated carbocycles. The smallest absolute Gasteiger partial charge is 0.407 e. The fourth-order valence-corrected chi connectivity index (χ4v) is 2.84. The van der Waals surface area contributed by atoms with Crippen molar-refractivity contribution in [1.29, 1.82) is 0 Å². The summed E-state index contributed by atoms with van der Waals surface area (Å²) in [7, 11) is 1.50. The molecular formula is C19H26N4O5. The Morgan fingerprint density at radius 1 is 1.29 bits per heavy atom. The summed E-state index contributed by atoms with van der Waals surface area (Å²) in [5, 5.41) is 13.9. The van der Waals surface area contributed by atoms with Gasteiger partial charge < -0.3 is 15.3 Å². The number of anilines is 1. The van der Waals surface area contributed by atoms with Gasteiger partial charge in [-0.15, -0.1) is 0 Å². The Balaban J connectivity index is 1.85. The second-order valence-electron chi connectivity index (χ2n) is 6.80. The largest absolute Gasteiger partial charge is 0.465 e. The zero-order valence-electron chi connectivity index (χ0n) is 16.2. The molecular weight excluding hydrogens is 364 g/mol. The molecule has 152 valence electrons. The molecule has 1 saturated heterocycles. The minimum atomic E-state index is -0.980. The lowest BCUT2D eigenvalue weighted by Crippen LogP contribution is -2.49. The van der Waals surface area contributed by atoms with Crippen molar-refractivity contribution in [1.82, 2.24) is 15.5 Å². The summed E-state index contributed by atoms with van der Waals surface area (Å²) >= 11 is 0. The van der Waals surface area contributed by atoms with E-state index in [2.05, 4.69) is 10.6 Å². The lowest BCUT2D eigenvalue weighted by molar-refractivity contribution is -0.121. The van der Waals surface area contributed by atoms with Gasteiger partial charge in [0.05, 0.1) is 0 Å². The van der Waals surface area contributed by atoms with E-state index in [0.717, 1.165) is 11.1 Å². The van der Waals surface area contributed by atoms with Crippen LogP contribution in [0.1, 0.15) is 36.8 Å². The summed E-state index contributed by atoms with van der Waals surface area (Å²) in [5.74, 6) is -0.389. The molecule has 0 aliphatic carbocycles. The molecule has 1 heterocycles. The number of carbonyl (C=O) groups is 4. The number of carbonyl (C=O) groups excluding carboxylic acids is 3. The van der Waals surface area contributed by atoms with Crippen LogP contribution in [0.25, 0.3) is 0 Å². The molecule has 0 atom stereocenters. The third kappa shape index (κ3) is 5.97. The Morgan fingerprint density at radius 3 is 2.71 bits per heavy atom. The molecule has 1 aromatic carbocycles. The fourth-order valence-electron chi connectivity index (χ4n) is 2.84. The van der Waals surface area contributed by atoms with E-state index < -0.39 is 12.1 Å². The highest BCUT2D eigenvalue weighted by Gasteiger charge is 2.24. The monoisotopic (exact) mass is 390 g/mol. The molecule has 0 radical (unpaired) electrons. The highest BCUT2D eigenvalue weighted by Crippen LogP contribution is 2.21. The Labute approximate surface area is 163 Å². The summed E-state index contributed by atoms with van der Waals surface area (Å²) in [6.45, 7) is 2.98. The van der Waals surface area contributed by atoms with Gasteiger partial charge >= 0.3 is 12.1 Å². The number of hydrogen-bond acceptors (Lipinski definition) is 4. The minimum absolute atomic E-state index is 0.107. The average Bonchev–Trinajstić information content (AvgIpc) is 2.64. The number of hydrogen-bond donors (Lipinski definition) is 3. The molecule has 0 unspecified atom stereocenters. The molecule has 9 nitrogen and oxygen atoms in total. The van der Waals surface area contributed by atoms with Gasteiger partial charge in [0.15, 0.2) is 0 Å². The van der Waals surface area contributed by atoms with Crippen LogP contribution < -0.4 is 15.5 Å². The van der Waals surface area contributed by atoms with Crippen LogP contribution in [0, 0.1) is 6.92 Å². The number of rotatable bonds is 8. The maximum absolute atomic E-state index is 12.0. The van der Waals surface area contributed by atoms with E-state index in [1.54, 1.807) is 0 Å². The molecule has 5 amide bonds. The fraction of sp³-hybridized carbons (Fsp3) is 0.474. The molecule has 1 aliphatic rings. The van der Waals surface area contributed by atoms with Crippen molar-refractivity contribution in [2.75, 3.05) is 25.0 Å². The van der Waals surface area contributed by atoms with Crippen LogP contribution in [0.5, 0.6) is 0 Å². The van der Waals surface area contributed by atoms with Crippen LogP contribution in [-0.2, 0) is 16.1 Å². The summed E-state index contributed by atoms with van der Waals surface area (Å²) in [4.78, 5) is 48.7. The number of imide groups is 1. The number of nitrogens with zero attached hydrogens (tertiary/aromatic N) is 2. The SMILES string of the molecule is Cc1ccc(N2CCC(=O)NC2=O)cc1CNC(=O)CCCCN(C)C(=O)O. The average molecular weight is 390 g/mol. The van der Waals surface area contributed by atoms with Crippen molar-refractivity contribution in [3.05, 3.63) is 29.3 Å². The molecule has 0 spiro atoms. The van der Waals surface area contributed by atoms with Crippen molar-refractivity contribution in [3.63, 3.8) is 0 Å². The van der Waals surface area contributed by atoms with E-state index in [-0.39, 0.29) is 18.2 Å². The minimum Gasteiger partial charge on any atom is -0.465 e. The molecule has 1 aliphatic heterocycles. The zero-order chi connectivity index (χ0) is 20.7. The van der Waals surface area contributed by atoms with Gasteiger partial charge in [0.25, 0.3) is 0 Å². The second-order valence-corrected chi connectivity index (χ2v) is 6.80. The van der Waals surface area contributed by atoms with Crippen LogP contribution in [0.15, 0.2) is 18.2 Å². The normalized spacial score (nSPS) is 13.9. The van der Waals surface area contributed by atoms with Gasteiger partial charge in [0.1, 0.15) is 0 Å². The van der Waals surface area contributed by atoms with Gasteiger partial charge in [-0.1, -0.05) is 6.07 Å². The van der Waals surface area contributed by atoms with E-state index in [1.807, 2.05) is 25.1 Å². The second kappa shape index (κ2) is 9.72. The van der Waals surface area contributed by atoms with Crippen LogP contribution in [-0.4, -0.2) is 54.1 Å². The molecule has 0 bridgehead atoms. The standard InChI is InChI=1S/C19H26N4O5/c1-13-6-7-15(23-10-8-17(25)21-18(23)26)11-14(13)12-20-16(24)5-3-4-9-22(2)19(27)28/h6-7,11H,3-5,8-10,12H2,1-2H3,(H,20,24)(H,27,28)(H,21,25,26). The highest BCUT2D eigenvalue weighted by atomic mass is 16.4. The van der Waals surface area contributed by atoms with E-state index in [9.17, 15) is 19.2 Å². The van der Waals surface area contributed by atoms with Crippen LogP contribution >= 0.6 is 0 Å². The van der Waals surface area contributed by atoms with Crippen molar-refractivity contribution in [2.45, 2.75) is 39.2 Å². The van der Waals surface area contributed by atoms with Gasteiger partial charge in [-0.2, -0.15) is 0 Å². The predicted molar refractivity (Wildman–Crippen MR) is 103 cm³/mol. The highest BCUT2D eigenvalue weighted by molar-refractivity contribution is 6.05. The lowest BCUT2D eigenvalue weighted by Gasteiger charge is -2.27. The van der Waals surface area contributed by atoms with Gasteiger partial charge in [-0.3, -0.25) is 19.8 Å². The Hall–Kier alpha value is -3.10. The number of carboxylic acid groups (broad SMARTS) is 1. The first-order chi connectivity index (χ1) is 13.3. The maximum Gasteiger partial charge on any atom is 0.407 e. The van der Waals surface area contributed by atoms with Crippen LogP contribution in [0.3, 0.4) is 0 Å². The first kappa shape index (κ1) is 21.2. The first-order valence-electron chi connectivity index (χ1n) is 9.19. The van der Waals surface area contributed by atoms with Crippen molar-refractivity contribution >= 4 is 29.6 Å². The molecule has 9 heteroatoms. The van der Waals surface area contributed by atoms with Gasteiger partial charge in [-0.25, -0.2) is 9.59 Å². The summed E-state index contributed by atoms with van der Waals surface area (Å²) in [6.07, 6.45) is 0.815. The Kier molecular flexibility index (Phi) is 7.36. The van der Waals surface area contributed by atoms with Crippen molar-refractivity contribution < 1.29 is 24.3 Å². The molecule has 1 fully saturated rings. The maximum atomic E-state index is 12.0. The topological polar surface area (TPSA) is 119 Å². The quantitative estimate of drug-likeness (QED) is 0.585. The zero-order valence-corrected chi connectivity index (χ0v) is 16.2. The van der Waals surface area contributed by atoms with Gasteiger partial charge in [0.2, 0.25) is 11.8 Å². The Bertz CT molecular complexity index is 765. The third-order valence-electron chi connectivity index (χ3n) is 4.65. The van der Waals surface area contributed by atoms with Gasteiger partial charge in [-0.05, 0) is 43.0 Å².